The largest absolute Gasteiger partial charge is 0.507 e. The van der Waals surface area contributed by atoms with Gasteiger partial charge in [0.05, 0.1) is 16.5 Å². The minimum absolute atomic E-state index is 0.0601. The van der Waals surface area contributed by atoms with Gasteiger partial charge in [0.15, 0.2) is 0 Å². The number of carbonyl (C=O) groups is 2. The number of hydrogen-bond acceptors (Lipinski definition) is 6. The molecule has 9 heteroatoms. The van der Waals surface area contributed by atoms with E-state index in [0.717, 1.165) is 6.07 Å². The Kier molecular flexibility index (Phi) is 6.45. The molecule has 0 saturated carbocycles. The minimum Gasteiger partial charge on any atom is -0.507 e. The number of amides is 1. The fourth-order valence-corrected chi connectivity index (χ4v) is 3.51. The molecule has 0 bridgehead atoms. The highest BCUT2D eigenvalue weighted by atomic mass is 19.1. The van der Waals surface area contributed by atoms with Crippen molar-refractivity contribution >= 4 is 23.1 Å². The predicted octanol–water partition coefficient (Wildman–Crippen LogP) is 3.50. The first-order valence-corrected chi connectivity index (χ1v) is 9.54. The fraction of sp³-hybridized carbons (Fsp3) is 0.273. The Morgan fingerprint density at radius 3 is 2.48 bits per heavy atom. The zero-order valence-corrected chi connectivity index (χ0v) is 17.0. The maximum Gasteiger partial charge on any atom is 0.295 e. The number of nitro groups is 1. The third-order valence-electron chi connectivity index (χ3n) is 5.15. The topological polar surface area (TPSA) is 110 Å². The van der Waals surface area contributed by atoms with E-state index in [9.17, 15) is 29.2 Å². The number of hydrogen-bond donors (Lipinski definition) is 1. The van der Waals surface area contributed by atoms with Gasteiger partial charge in [0.2, 0.25) is 0 Å². The van der Waals surface area contributed by atoms with Crippen molar-refractivity contribution in [1.82, 2.24) is 4.90 Å². The number of nitro benzene ring substituents is 1. The molecular formula is C22H21FN2O6. The van der Waals surface area contributed by atoms with Crippen LogP contribution in [-0.2, 0) is 14.3 Å². The molecule has 0 radical (unpaired) electrons. The van der Waals surface area contributed by atoms with Crippen LogP contribution in [0.2, 0.25) is 0 Å². The summed E-state index contributed by atoms with van der Waals surface area (Å²) in [6.07, 6.45) is 0.437. The summed E-state index contributed by atoms with van der Waals surface area (Å²) in [4.78, 5) is 37.3. The highest BCUT2D eigenvalue weighted by Gasteiger charge is 2.45. The summed E-state index contributed by atoms with van der Waals surface area (Å²) in [6, 6.07) is 8.42. The van der Waals surface area contributed by atoms with Crippen molar-refractivity contribution in [1.29, 1.82) is 0 Å². The van der Waals surface area contributed by atoms with Gasteiger partial charge < -0.3 is 14.7 Å². The average molecular weight is 428 g/mol. The highest BCUT2D eigenvalue weighted by molar-refractivity contribution is 6.46. The number of ketones is 1. The van der Waals surface area contributed by atoms with E-state index in [0.29, 0.717) is 24.2 Å². The number of aliphatic hydroxyl groups excluding tert-OH is 1. The number of likely N-dealkylation sites (tertiary alicyclic amines) is 1. The van der Waals surface area contributed by atoms with Crippen LogP contribution in [0.3, 0.4) is 0 Å². The van der Waals surface area contributed by atoms with Crippen molar-refractivity contribution in [2.75, 3.05) is 20.3 Å². The van der Waals surface area contributed by atoms with E-state index in [2.05, 4.69) is 0 Å². The molecule has 1 saturated heterocycles. The van der Waals surface area contributed by atoms with Crippen molar-refractivity contribution < 1.29 is 28.7 Å². The number of nitrogens with zero attached hydrogens (tertiary/aromatic N) is 2. The lowest BCUT2D eigenvalue weighted by molar-refractivity contribution is -0.384. The molecule has 1 fully saturated rings. The van der Waals surface area contributed by atoms with Gasteiger partial charge in [-0.2, -0.15) is 0 Å². The van der Waals surface area contributed by atoms with Gasteiger partial charge in [-0.15, -0.1) is 0 Å². The quantitative estimate of drug-likeness (QED) is 0.181. The molecule has 0 spiro atoms. The first kappa shape index (κ1) is 22.1. The van der Waals surface area contributed by atoms with Crippen LogP contribution in [0.5, 0.6) is 0 Å². The Hall–Kier alpha value is -3.59. The van der Waals surface area contributed by atoms with E-state index in [1.165, 1.54) is 48.4 Å². The van der Waals surface area contributed by atoms with Crippen LogP contribution in [-0.4, -0.2) is 46.9 Å². The zero-order chi connectivity index (χ0) is 22.7. The summed E-state index contributed by atoms with van der Waals surface area (Å²) in [5.74, 6) is -2.78. The smallest absolute Gasteiger partial charge is 0.295 e. The molecule has 8 nitrogen and oxygen atoms in total. The lowest BCUT2D eigenvalue weighted by Crippen LogP contribution is -2.31. The van der Waals surface area contributed by atoms with Crippen LogP contribution in [0.15, 0.2) is 48.0 Å². The number of ether oxygens (including phenoxy) is 1. The summed E-state index contributed by atoms with van der Waals surface area (Å²) >= 11 is 0. The van der Waals surface area contributed by atoms with Crippen LogP contribution in [0.4, 0.5) is 10.1 Å². The molecule has 1 amide bonds. The van der Waals surface area contributed by atoms with Crippen molar-refractivity contribution in [3.63, 3.8) is 0 Å². The Balaban J connectivity index is 2.13. The molecule has 1 N–H and O–H groups in total. The molecule has 1 aliphatic rings. The van der Waals surface area contributed by atoms with Crippen molar-refractivity contribution in [3.8, 4) is 0 Å². The Morgan fingerprint density at radius 2 is 1.90 bits per heavy atom. The van der Waals surface area contributed by atoms with Gasteiger partial charge in [0.1, 0.15) is 11.6 Å². The molecule has 3 rings (SSSR count). The average Bonchev–Trinajstić information content (AvgIpc) is 3.00. The van der Waals surface area contributed by atoms with Gasteiger partial charge in [-0.3, -0.25) is 19.7 Å². The summed E-state index contributed by atoms with van der Waals surface area (Å²) < 4.78 is 19.1. The lowest BCUT2D eigenvalue weighted by atomic mass is 9.94. The molecule has 162 valence electrons. The molecule has 1 atom stereocenters. The van der Waals surface area contributed by atoms with E-state index >= 15 is 0 Å². The van der Waals surface area contributed by atoms with Gasteiger partial charge in [-0.1, -0.05) is 12.1 Å². The van der Waals surface area contributed by atoms with Crippen molar-refractivity contribution in [2.24, 2.45) is 0 Å². The maximum atomic E-state index is 14.0. The van der Waals surface area contributed by atoms with Crippen molar-refractivity contribution in [2.45, 2.75) is 19.4 Å². The zero-order valence-electron chi connectivity index (χ0n) is 17.0. The van der Waals surface area contributed by atoms with E-state index in [1.807, 2.05) is 0 Å². The number of methoxy groups -OCH3 is 1. The summed E-state index contributed by atoms with van der Waals surface area (Å²) in [5.41, 5.74) is 0.491. The molecular weight excluding hydrogens is 407 g/mol. The lowest BCUT2D eigenvalue weighted by Gasteiger charge is -2.25. The molecule has 0 aromatic heterocycles. The number of rotatable bonds is 7. The van der Waals surface area contributed by atoms with Crippen LogP contribution in [0.25, 0.3) is 5.76 Å². The molecule has 1 aliphatic heterocycles. The van der Waals surface area contributed by atoms with Gasteiger partial charge in [-0.25, -0.2) is 4.39 Å². The fourth-order valence-electron chi connectivity index (χ4n) is 3.51. The standard InChI is InChI=1S/C22H21FN2O6/c1-13-4-5-15(12-17(13)23)20(26)18-19(14-6-8-16(9-7-14)25(29)30)24(10-3-11-31-2)22(28)21(18)27/h4-9,12,19,26H,3,10-11H2,1-2H3/t19-/m1/s1. The minimum atomic E-state index is -0.970. The van der Waals surface area contributed by atoms with E-state index in [-0.39, 0.29) is 23.4 Å². The number of aryl methyl sites for hydroxylation is 1. The van der Waals surface area contributed by atoms with Gasteiger partial charge in [-0.05, 0) is 42.7 Å². The van der Waals surface area contributed by atoms with E-state index in [1.54, 1.807) is 6.92 Å². The Bertz CT molecular complexity index is 1060. The maximum absolute atomic E-state index is 14.0. The molecule has 2 aromatic carbocycles. The van der Waals surface area contributed by atoms with Crippen LogP contribution >= 0.6 is 0 Å². The third kappa shape index (κ3) is 4.31. The number of carbonyl (C=O) groups excluding carboxylic acids is 2. The first-order chi connectivity index (χ1) is 14.8. The predicted molar refractivity (Wildman–Crippen MR) is 110 cm³/mol. The van der Waals surface area contributed by atoms with Gasteiger partial charge in [0, 0.05) is 38.0 Å². The van der Waals surface area contributed by atoms with Crippen LogP contribution in [0.1, 0.15) is 29.2 Å². The molecule has 31 heavy (non-hydrogen) atoms. The highest BCUT2D eigenvalue weighted by Crippen LogP contribution is 2.40. The van der Waals surface area contributed by atoms with Crippen LogP contribution < -0.4 is 0 Å². The number of non-ortho nitro benzene ring substituents is 1. The summed E-state index contributed by atoms with van der Waals surface area (Å²) in [5, 5.41) is 21.8. The number of Topliss-reactive ketones (excluding diaryl/α,β-unsaturated/α-hetero) is 1. The second-order valence-electron chi connectivity index (χ2n) is 7.15. The second kappa shape index (κ2) is 9.05. The van der Waals surface area contributed by atoms with E-state index in [4.69, 9.17) is 4.74 Å². The third-order valence-corrected chi connectivity index (χ3v) is 5.15. The SMILES string of the molecule is COCCCN1C(=O)C(=O)C(=C(O)c2ccc(C)c(F)c2)[C@H]1c1ccc([N+](=O)[O-])cc1. The normalized spacial score (nSPS) is 17.9. The van der Waals surface area contributed by atoms with Gasteiger partial charge in [0.25, 0.3) is 17.4 Å². The number of benzene rings is 2. The second-order valence-corrected chi connectivity index (χ2v) is 7.15. The molecule has 0 unspecified atom stereocenters. The Morgan fingerprint density at radius 1 is 1.23 bits per heavy atom. The summed E-state index contributed by atoms with van der Waals surface area (Å²) in [6.45, 7) is 2.07. The Labute approximate surface area is 177 Å². The number of aliphatic hydroxyl groups is 1. The first-order valence-electron chi connectivity index (χ1n) is 9.54. The van der Waals surface area contributed by atoms with Crippen LogP contribution in [0, 0.1) is 22.9 Å². The van der Waals surface area contributed by atoms with E-state index < -0.39 is 34.2 Å². The molecule has 2 aromatic rings. The van der Waals surface area contributed by atoms with Crippen molar-refractivity contribution in [3.05, 3.63) is 80.7 Å². The number of halogens is 1. The monoisotopic (exact) mass is 428 g/mol. The van der Waals surface area contributed by atoms with Gasteiger partial charge >= 0.3 is 0 Å². The summed E-state index contributed by atoms with van der Waals surface area (Å²) in [7, 11) is 1.51. The molecule has 0 aliphatic carbocycles. The molecule has 1 heterocycles.